The molecule has 5 heteroatoms. The molecule has 0 fully saturated rings. The predicted octanol–water partition coefficient (Wildman–Crippen LogP) is 3.96. The van der Waals surface area contributed by atoms with Crippen molar-refractivity contribution in [1.29, 1.82) is 0 Å². The second kappa shape index (κ2) is 7.84. The van der Waals surface area contributed by atoms with Gasteiger partial charge >= 0.3 is 0 Å². The molecule has 0 saturated carbocycles. The highest BCUT2D eigenvalue weighted by atomic mass is 127. The molecule has 4 nitrogen and oxygen atoms in total. The van der Waals surface area contributed by atoms with Crippen molar-refractivity contribution in [2.45, 2.75) is 0 Å². The minimum atomic E-state index is -0.214. The lowest BCUT2D eigenvalue weighted by molar-refractivity contribution is -0.111. The van der Waals surface area contributed by atoms with Gasteiger partial charge in [0.15, 0.2) is 0 Å². The highest BCUT2D eigenvalue weighted by molar-refractivity contribution is 14.1. The lowest BCUT2D eigenvalue weighted by Crippen LogP contribution is -2.07. The van der Waals surface area contributed by atoms with Crippen molar-refractivity contribution in [2.75, 3.05) is 19.5 Å². The Bertz CT molecular complexity index is 659. The molecule has 0 aliphatic carbocycles. The van der Waals surface area contributed by atoms with E-state index < -0.39 is 0 Å². The number of halogens is 1. The van der Waals surface area contributed by atoms with Crippen molar-refractivity contribution < 1.29 is 14.3 Å². The second-order valence-electron chi connectivity index (χ2n) is 4.41. The summed E-state index contributed by atoms with van der Waals surface area (Å²) < 4.78 is 11.7. The van der Waals surface area contributed by atoms with E-state index in [9.17, 15) is 4.79 Å². The number of carbonyl (C=O) groups excluding carboxylic acids is 1. The monoisotopic (exact) mass is 409 g/mol. The standard InChI is InChI=1S/C17H16INO3/c1-21-15-4-3-5-16(22-2)14(15)10-11-17(20)19-13-8-6-12(18)7-9-13/h3-11H,1-2H3,(H,19,20)/b11-10+. The van der Waals surface area contributed by atoms with E-state index in [4.69, 9.17) is 9.47 Å². The summed E-state index contributed by atoms with van der Waals surface area (Å²) in [5, 5.41) is 2.80. The van der Waals surface area contributed by atoms with E-state index in [0.717, 1.165) is 14.8 Å². The Balaban J connectivity index is 2.14. The summed E-state index contributed by atoms with van der Waals surface area (Å²) >= 11 is 2.22. The predicted molar refractivity (Wildman–Crippen MR) is 96.4 cm³/mol. The van der Waals surface area contributed by atoms with Crippen molar-refractivity contribution in [3.05, 3.63) is 57.7 Å². The molecule has 0 atom stereocenters. The van der Waals surface area contributed by atoms with Crippen LogP contribution in [-0.4, -0.2) is 20.1 Å². The SMILES string of the molecule is COc1cccc(OC)c1/C=C/C(=O)Nc1ccc(I)cc1. The highest BCUT2D eigenvalue weighted by Crippen LogP contribution is 2.29. The molecule has 0 saturated heterocycles. The van der Waals surface area contributed by atoms with Crippen LogP contribution in [-0.2, 0) is 4.79 Å². The zero-order chi connectivity index (χ0) is 15.9. The molecule has 1 amide bonds. The minimum absolute atomic E-state index is 0.214. The smallest absolute Gasteiger partial charge is 0.248 e. The van der Waals surface area contributed by atoms with Gasteiger partial charge in [0, 0.05) is 15.3 Å². The molecule has 0 heterocycles. The number of hydrogen-bond acceptors (Lipinski definition) is 3. The first-order chi connectivity index (χ1) is 10.6. The molecule has 0 aliphatic heterocycles. The normalized spacial score (nSPS) is 10.5. The average molecular weight is 409 g/mol. The summed E-state index contributed by atoms with van der Waals surface area (Å²) in [4.78, 5) is 12.0. The number of methoxy groups -OCH3 is 2. The quantitative estimate of drug-likeness (QED) is 0.601. The molecule has 0 bridgehead atoms. The summed E-state index contributed by atoms with van der Waals surface area (Å²) in [6, 6.07) is 13.1. The Morgan fingerprint density at radius 3 is 2.18 bits per heavy atom. The van der Waals surface area contributed by atoms with E-state index in [-0.39, 0.29) is 5.91 Å². The molecule has 0 unspecified atom stereocenters. The summed E-state index contributed by atoms with van der Waals surface area (Å²) in [5.74, 6) is 1.09. The fraction of sp³-hybridized carbons (Fsp3) is 0.118. The molecule has 0 aliphatic rings. The van der Waals surface area contributed by atoms with Crippen LogP contribution in [0, 0.1) is 3.57 Å². The van der Waals surface area contributed by atoms with E-state index in [1.54, 1.807) is 20.3 Å². The second-order valence-corrected chi connectivity index (χ2v) is 5.65. The van der Waals surface area contributed by atoms with Crippen molar-refractivity contribution in [3.63, 3.8) is 0 Å². The third-order valence-electron chi connectivity index (χ3n) is 2.98. The Morgan fingerprint density at radius 1 is 1.05 bits per heavy atom. The molecule has 2 aromatic carbocycles. The zero-order valence-electron chi connectivity index (χ0n) is 12.3. The van der Waals surface area contributed by atoms with Crippen LogP contribution in [0.1, 0.15) is 5.56 Å². The summed E-state index contributed by atoms with van der Waals surface area (Å²) in [6.45, 7) is 0. The minimum Gasteiger partial charge on any atom is -0.496 e. The largest absolute Gasteiger partial charge is 0.496 e. The third kappa shape index (κ3) is 4.24. The van der Waals surface area contributed by atoms with E-state index in [1.165, 1.54) is 6.08 Å². The first-order valence-electron chi connectivity index (χ1n) is 6.59. The Kier molecular flexibility index (Phi) is 5.83. The molecule has 0 aromatic heterocycles. The number of nitrogens with one attached hydrogen (secondary N) is 1. The highest BCUT2D eigenvalue weighted by Gasteiger charge is 2.07. The molecule has 0 radical (unpaired) electrons. The Morgan fingerprint density at radius 2 is 1.64 bits per heavy atom. The molecule has 0 spiro atoms. The maximum atomic E-state index is 12.0. The average Bonchev–Trinajstić information content (AvgIpc) is 2.54. The Hall–Kier alpha value is -2.02. The van der Waals surface area contributed by atoms with Crippen molar-refractivity contribution in [3.8, 4) is 11.5 Å². The molecular formula is C17H16INO3. The van der Waals surface area contributed by atoms with Gasteiger partial charge in [-0.05, 0) is 65.1 Å². The van der Waals surface area contributed by atoms with Gasteiger partial charge in [0.05, 0.1) is 19.8 Å². The van der Waals surface area contributed by atoms with Gasteiger partial charge in [0.1, 0.15) is 11.5 Å². The number of benzene rings is 2. The molecule has 114 valence electrons. The topological polar surface area (TPSA) is 47.6 Å². The van der Waals surface area contributed by atoms with Gasteiger partial charge in [0.2, 0.25) is 5.91 Å². The van der Waals surface area contributed by atoms with E-state index in [1.807, 2.05) is 42.5 Å². The number of amides is 1. The van der Waals surface area contributed by atoms with Gasteiger partial charge in [-0.1, -0.05) is 6.07 Å². The van der Waals surface area contributed by atoms with Gasteiger partial charge in [-0.3, -0.25) is 4.79 Å². The van der Waals surface area contributed by atoms with Gasteiger partial charge in [-0.15, -0.1) is 0 Å². The van der Waals surface area contributed by atoms with Crippen LogP contribution in [0.5, 0.6) is 11.5 Å². The van der Waals surface area contributed by atoms with Crippen molar-refractivity contribution in [2.24, 2.45) is 0 Å². The maximum absolute atomic E-state index is 12.0. The van der Waals surface area contributed by atoms with Gasteiger partial charge in [0.25, 0.3) is 0 Å². The molecular weight excluding hydrogens is 393 g/mol. The van der Waals surface area contributed by atoms with Crippen LogP contribution < -0.4 is 14.8 Å². The zero-order valence-corrected chi connectivity index (χ0v) is 14.5. The van der Waals surface area contributed by atoms with Crippen LogP contribution in [0.2, 0.25) is 0 Å². The molecule has 1 N–H and O–H groups in total. The van der Waals surface area contributed by atoms with Crippen LogP contribution in [0.3, 0.4) is 0 Å². The van der Waals surface area contributed by atoms with E-state index >= 15 is 0 Å². The number of rotatable bonds is 5. The Labute approximate surface area is 143 Å². The maximum Gasteiger partial charge on any atom is 0.248 e. The third-order valence-corrected chi connectivity index (χ3v) is 3.70. The number of ether oxygens (including phenoxy) is 2. The number of anilines is 1. The fourth-order valence-electron chi connectivity index (χ4n) is 1.92. The van der Waals surface area contributed by atoms with E-state index in [2.05, 4.69) is 27.9 Å². The van der Waals surface area contributed by atoms with Gasteiger partial charge < -0.3 is 14.8 Å². The van der Waals surface area contributed by atoms with Gasteiger partial charge in [-0.2, -0.15) is 0 Å². The number of carbonyl (C=O) groups is 1. The lowest BCUT2D eigenvalue weighted by Gasteiger charge is -2.09. The summed E-state index contributed by atoms with van der Waals surface area (Å²) in [7, 11) is 3.16. The summed E-state index contributed by atoms with van der Waals surface area (Å²) in [5.41, 5.74) is 1.48. The van der Waals surface area contributed by atoms with E-state index in [0.29, 0.717) is 11.5 Å². The van der Waals surface area contributed by atoms with Crippen LogP contribution in [0.4, 0.5) is 5.69 Å². The van der Waals surface area contributed by atoms with Crippen molar-refractivity contribution in [1.82, 2.24) is 0 Å². The molecule has 2 aromatic rings. The van der Waals surface area contributed by atoms with Crippen molar-refractivity contribution >= 4 is 40.3 Å². The lowest BCUT2D eigenvalue weighted by atomic mass is 10.1. The molecule has 22 heavy (non-hydrogen) atoms. The fourth-order valence-corrected chi connectivity index (χ4v) is 2.28. The van der Waals surface area contributed by atoms with Crippen LogP contribution in [0.25, 0.3) is 6.08 Å². The summed E-state index contributed by atoms with van der Waals surface area (Å²) in [6.07, 6.45) is 3.14. The first-order valence-corrected chi connectivity index (χ1v) is 7.67. The van der Waals surface area contributed by atoms with Gasteiger partial charge in [-0.25, -0.2) is 0 Å². The van der Waals surface area contributed by atoms with Crippen LogP contribution in [0.15, 0.2) is 48.5 Å². The number of hydrogen-bond donors (Lipinski definition) is 1. The molecule has 2 rings (SSSR count). The van der Waals surface area contributed by atoms with Crippen LogP contribution >= 0.6 is 22.6 Å². The first kappa shape index (κ1) is 16.4.